The van der Waals surface area contributed by atoms with Gasteiger partial charge < -0.3 is 29.1 Å². The second-order valence-corrected chi connectivity index (χ2v) is 12.0. The van der Waals surface area contributed by atoms with Crippen LogP contribution in [0.2, 0.25) is 0 Å². The molecule has 0 radical (unpaired) electrons. The molecule has 0 aliphatic heterocycles. The molecule has 1 aromatic carbocycles. The standard InChI is InChI=1S/C30H41IN2O7/c1-19(2)12-13-24(23-10-8-7-9-11-23)22(5)40-30(36)21(4)33-29(35)27-28(26(37-6)14-16-32-27)39-18-38-25(15-17-34)20(3)31/h7-11,14,16-17,19-22,24-25H,12-13,15,18H2,1-6H3,(H,33,35)/t20?,21?,22-,24-,25?/m0/s1. The van der Waals surface area contributed by atoms with Gasteiger partial charge in [-0.05, 0) is 31.7 Å². The first-order chi connectivity index (χ1) is 19.1. The molecule has 2 rings (SSSR count). The maximum absolute atomic E-state index is 13.2. The molecule has 0 spiro atoms. The normalized spacial score (nSPS) is 14.9. The Morgan fingerprint density at radius 1 is 1.05 bits per heavy atom. The van der Waals surface area contributed by atoms with Crippen LogP contribution < -0.4 is 14.8 Å². The quantitative estimate of drug-likeness (QED) is 0.0774. The zero-order chi connectivity index (χ0) is 29.7. The van der Waals surface area contributed by atoms with E-state index in [0.29, 0.717) is 5.92 Å². The van der Waals surface area contributed by atoms with Gasteiger partial charge in [0.15, 0.2) is 24.0 Å². The van der Waals surface area contributed by atoms with Crippen molar-refractivity contribution in [1.82, 2.24) is 10.3 Å². The van der Waals surface area contributed by atoms with Crippen molar-refractivity contribution in [2.45, 2.75) is 82.0 Å². The van der Waals surface area contributed by atoms with Crippen molar-refractivity contribution in [3.63, 3.8) is 0 Å². The number of nitrogens with one attached hydrogen (secondary N) is 1. The molecular formula is C30H41IN2O7. The van der Waals surface area contributed by atoms with Gasteiger partial charge in [0.2, 0.25) is 0 Å². The number of benzene rings is 1. The molecule has 1 heterocycles. The van der Waals surface area contributed by atoms with Gasteiger partial charge in [-0.1, -0.05) is 80.1 Å². The average molecular weight is 669 g/mol. The summed E-state index contributed by atoms with van der Waals surface area (Å²) in [5.41, 5.74) is 1.04. The number of carbonyl (C=O) groups excluding carboxylic acids is 3. The number of esters is 1. The Morgan fingerprint density at radius 3 is 2.35 bits per heavy atom. The van der Waals surface area contributed by atoms with E-state index in [2.05, 4.69) is 46.7 Å². The van der Waals surface area contributed by atoms with E-state index in [1.165, 1.54) is 13.3 Å². The van der Waals surface area contributed by atoms with Crippen LogP contribution in [0.4, 0.5) is 0 Å². The summed E-state index contributed by atoms with van der Waals surface area (Å²) >= 11 is 2.17. The average Bonchev–Trinajstić information content (AvgIpc) is 2.92. The lowest BCUT2D eigenvalue weighted by molar-refractivity contribution is -0.151. The van der Waals surface area contributed by atoms with Crippen molar-refractivity contribution in [3.05, 3.63) is 53.9 Å². The van der Waals surface area contributed by atoms with E-state index < -0.39 is 24.0 Å². The van der Waals surface area contributed by atoms with Gasteiger partial charge in [0.25, 0.3) is 5.91 Å². The molecule has 1 aromatic heterocycles. The predicted molar refractivity (Wildman–Crippen MR) is 161 cm³/mol. The zero-order valence-corrected chi connectivity index (χ0v) is 26.3. The van der Waals surface area contributed by atoms with Gasteiger partial charge in [0.1, 0.15) is 18.4 Å². The van der Waals surface area contributed by atoms with Crippen LogP contribution in [0, 0.1) is 5.92 Å². The Labute approximate surface area is 250 Å². The molecule has 1 N–H and O–H groups in total. The lowest BCUT2D eigenvalue weighted by Gasteiger charge is -2.26. The second-order valence-electron chi connectivity index (χ2n) is 10.1. The van der Waals surface area contributed by atoms with E-state index in [1.807, 2.05) is 44.2 Å². The van der Waals surface area contributed by atoms with Crippen molar-refractivity contribution in [2.75, 3.05) is 13.9 Å². The molecule has 0 aliphatic rings. The molecule has 0 fully saturated rings. The Balaban J connectivity index is 2.10. The minimum atomic E-state index is -0.939. The molecule has 0 saturated heterocycles. The Bertz CT molecular complexity index is 1080. The van der Waals surface area contributed by atoms with Crippen LogP contribution >= 0.6 is 22.6 Å². The van der Waals surface area contributed by atoms with Crippen molar-refractivity contribution < 1.29 is 33.3 Å². The van der Waals surface area contributed by atoms with Gasteiger partial charge >= 0.3 is 5.97 Å². The van der Waals surface area contributed by atoms with Crippen LogP contribution in [-0.4, -0.2) is 59.2 Å². The lowest BCUT2D eigenvalue weighted by Crippen LogP contribution is -2.41. The summed E-state index contributed by atoms with van der Waals surface area (Å²) in [6.45, 7) is 9.48. The Kier molecular flexibility index (Phi) is 14.4. The van der Waals surface area contributed by atoms with Gasteiger partial charge in [0, 0.05) is 28.5 Å². The van der Waals surface area contributed by atoms with Crippen LogP contribution in [-0.2, 0) is 19.1 Å². The first-order valence-corrected chi connectivity index (χ1v) is 14.7. The van der Waals surface area contributed by atoms with Crippen LogP contribution in [0.5, 0.6) is 11.5 Å². The zero-order valence-electron chi connectivity index (χ0n) is 24.1. The van der Waals surface area contributed by atoms with E-state index in [4.69, 9.17) is 18.9 Å². The van der Waals surface area contributed by atoms with Crippen LogP contribution in [0.1, 0.15) is 75.9 Å². The highest BCUT2D eigenvalue weighted by atomic mass is 127. The Morgan fingerprint density at radius 2 is 1.75 bits per heavy atom. The molecule has 0 bridgehead atoms. The summed E-state index contributed by atoms with van der Waals surface area (Å²) in [5.74, 6) is -0.280. The van der Waals surface area contributed by atoms with E-state index in [9.17, 15) is 14.4 Å². The third-order valence-electron chi connectivity index (χ3n) is 6.48. The fourth-order valence-electron chi connectivity index (χ4n) is 4.13. The number of rotatable bonds is 17. The fourth-order valence-corrected chi connectivity index (χ4v) is 4.63. The SMILES string of the molecule is COc1ccnc(C(=O)NC(C)C(=O)O[C@@H](C)[C@H](CCC(C)C)c2ccccc2)c1OCOC(CC=O)C(C)I. The van der Waals surface area contributed by atoms with Crippen LogP contribution in [0.15, 0.2) is 42.6 Å². The highest BCUT2D eigenvalue weighted by Crippen LogP contribution is 2.31. The molecular weight excluding hydrogens is 627 g/mol. The molecule has 3 unspecified atom stereocenters. The van der Waals surface area contributed by atoms with Crippen LogP contribution in [0.25, 0.3) is 0 Å². The molecule has 0 saturated carbocycles. The number of aldehydes is 1. The molecule has 9 nitrogen and oxygen atoms in total. The summed E-state index contributed by atoms with van der Waals surface area (Å²) in [6.07, 6.45) is 3.54. The number of nitrogens with zero attached hydrogens (tertiary/aromatic N) is 1. The number of amides is 1. The largest absolute Gasteiger partial charge is 0.493 e. The number of hydrogen-bond donors (Lipinski definition) is 1. The number of pyridine rings is 1. The van der Waals surface area contributed by atoms with Gasteiger partial charge in [-0.3, -0.25) is 4.79 Å². The second kappa shape index (κ2) is 17.2. The topological polar surface area (TPSA) is 113 Å². The highest BCUT2D eigenvalue weighted by molar-refractivity contribution is 14.1. The molecule has 220 valence electrons. The van der Waals surface area contributed by atoms with E-state index in [0.717, 1.165) is 24.7 Å². The van der Waals surface area contributed by atoms with Crippen LogP contribution in [0.3, 0.4) is 0 Å². The first kappa shape index (κ1) is 33.5. The minimum absolute atomic E-state index is 0.0313. The minimum Gasteiger partial charge on any atom is -0.493 e. The highest BCUT2D eigenvalue weighted by Gasteiger charge is 2.28. The van der Waals surface area contributed by atoms with Crippen molar-refractivity contribution in [3.8, 4) is 11.5 Å². The predicted octanol–water partition coefficient (Wildman–Crippen LogP) is 5.49. The smallest absolute Gasteiger partial charge is 0.328 e. The summed E-state index contributed by atoms with van der Waals surface area (Å²) in [5, 5.41) is 2.66. The molecule has 2 aromatic rings. The number of halogens is 1. The number of ether oxygens (including phenoxy) is 4. The fraction of sp³-hybridized carbons (Fsp3) is 0.533. The molecule has 10 heteroatoms. The Hall–Kier alpha value is -2.73. The third-order valence-corrected chi connectivity index (χ3v) is 7.28. The van der Waals surface area contributed by atoms with E-state index in [1.54, 1.807) is 13.0 Å². The number of aromatic nitrogens is 1. The first-order valence-electron chi connectivity index (χ1n) is 13.5. The van der Waals surface area contributed by atoms with Gasteiger partial charge in [-0.2, -0.15) is 0 Å². The lowest BCUT2D eigenvalue weighted by atomic mass is 9.87. The summed E-state index contributed by atoms with van der Waals surface area (Å²) in [7, 11) is 1.44. The maximum Gasteiger partial charge on any atom is 0.328 e. The number of hydrogen-bond acceptors (Lipinski definition) is 8. The number of alkyl halides is 1. The maximum atomic E-state index is 13.2. The summed E-state index contributed by atoms with van der Waals surface area (Å²) < 4.78 is 22.7. The van der Waals surface area contributed by atoms with Crippen molar-refractivity contribution >= 4 is 40.8 Å². The number of carbonyl (C=O) groups is 3. The number of methoxy groups -OCH3 is 1. The summed E-state index contributed by atoms with van der Waals surface area (Å²) in [4.78, 5) is 41.3. The van der Waals surface area contributed by atoms with Gasteiger partial charge in [-0.25, -0.2) is 9.78 Å². The molecule has 5 atom stereocenters. The third kappa shape index (κ3) is 10.3. The monoisotopic (exact) mass is 668 g/mol. The molecule has 1 amide bonds. The van der Waals surface area contributed by atoms with Crippen molar-refractivity contribution in [1.29, 1.82) is 0 Å². The molecule has 0 aliphatic carbocycles. The van der Waals surface area contributed by atoms with Gasteiger partial charge in [0.05, 0.1) is 13.2 Å². The van der Waals surface area contributed by atoms with Gasteiger partial charge in [-0.15, -0.1) is 0 Å². The van der Waals surface area contributed by atoms with E-state index >= 15 is 0 Å². The van der Waals surface area contributed by atoms with E-state index in [-0.39, 0.29) is 46.4 Å². The summed E-state index contributed by atoms with van der Waals surface area (Å²) in [6, 6.07) is 10.6. The van der Waals surface area contributed by atoms with Crippen molar-refractivity contribution in [2.24, 2.45) is 5.92 Å². The molecule has 40 heavy (non-hydrogen) atoms.